The molecule has 54 heavy (non-hydrogen) atoms. The molecule has 0 aliphatic carbocycles. The Labute approximate surface area is 304 Å². The van der Waals surface area contributed by atoms with E-state index in [9.17, 15) is 40.7 Å². The van der Waals surface area contributed by atoms with Gasteiger partial charge in [-0.05, 0) is 50.2 Å². The normalized spacial score (nSPS) is 14.7. The standard InChI is InChI=1S/C36H38F7N5O6/c1-22-32(46-17-15-45(16-18-46)19-23-12-13-30(54-23)36(41,42)43)33(51)48(34(52)47(22)20-25-26(35(38,39)40)8-5-9-27(25)37)21-28(44-14-6-11-31(49)50)24-7-3-4-10-29(24)53-2/h3-5,7-10,12-13,28,44H,6,11,14-21H2,1-2H3,(H,49,50)/t28-/m0/s1. The molecular formula is C36H38F7N5O6. The van der Waals surface area contributed by atoms with Crippen molar-refractivity contribution in [3.63, 3.8) is 0 Å². The Morgan fingerprint density at radius 1 is 0.926 bits per heavy atom. The number of methoxy groups -OCH3 is 1. The number of hydrogen-bond acceptors (Lipinski definition) is 8. The molecule has 11 nitrogen and oxygen atoms in total. The van der Waals surface area contributed by atoms with Gasteiger partial charge in [0, 0.05) is 49.4 Å². The van der Waals surface area contributed by atoms with Crippen LogP contribution in [0.25, 0.3) is 0 Å². The lowest BCUT2D eigenvalue weighted by Crippen LogP contribution is -2.51. The van der Waals surface area contributed by atoms with Crippen molar-refractivity contribution in [1.29, 1.82) is 0 Å². The molecule has 1 aliphatic heterocycles. The highest BCUT2D eigenvalue weighted by Crippen LogP contribution is 2.34. The first-order valence-electron chi connectivity index (χ1n) is 16.9. The molecule has 3 heterocycles. The van der Waals surface area contributed by atoms with E-state index in [0.29, 0.717) is 17.4 Å². The third-order valence-electron chi connectivity index (χ3n) is 9.24. The van der Waals surface area contributed by atoms with E-state index in [0.717, 1.165) is 27.3 Å². The summed E-state index contributed by atoms with van der Waals surface area (Å²) in [6.45, 7) is 1.06. The molecule has 4 aromatic rings. The topological polar surface area (TPSA) is 122 Å². The lowest BCUT2D eigenvalue weighted by molar-refractivity contribution is -0.153. The number of para-hydroxylation sites is 1. The van der Waals surface area contributed by atoms with Gasteiger partial charge in [0.05, 0.1) is 38.3 Å². The Morgan fingerprint density at radius 3 is 2.26 bits per heavy atom. The third kappa shape index (κ3) is 9.15. The maximum absolute atomic E-state index is 15.2. The number of carbonyl (C=O) groups is 1. The van der Waals surface area contributed by atoms with Gasteiger partial charge in [0.2, 0.25) is 5.76 Å². The second kappa shape index (κ2) is 16.5. The second-order valence-electron chi connectivity index (χ2n) is 12.8. The number of nitrogens with zero attached hydrogens (tertiary/aromatic N) is 4. The summed E-state index contributed by atoms with van der Waals surface area (Å²) in [5, 5.41) is 12.3. The second-order valence-corrected chi connectivity index (χ2v) is 12.8. The predicted octanol–water partition coefficient (Wildman–Crippen LogP) is 5.66. The lowest BCUT2D eigenvalue weighted by atomic mass is 10.0. The van der Waals surface area contributed by atoms with Crippen molar-refractivity contribution in [2.75, 3.05) is 44.7 Å². The van der Waals surface area contributed by atoms with Gasteiger partial charge in [-0.2, -0.15) is 26.3 Å². The van der Waals surface area contributed by atoms with Crippen LogP contribution in [-0.2, 0) is 36.8 Å². The monoisotopic (exact) mass is 769 g/mol. The van der Waals surface area contributed by atoms with Gasteiger partial charge in [-0.25, -0.2) is 9.18 Å². The number of halogens is 7. The number of hydrogen-bond donors (Lipinski definition) is 2. The molecule has 1 saturated heterocycles. The number of nitrogens with one attached hydrogen (secondary N) is 1. The quantitative estimate of drug-likeness (QED) is 0.124. The van der Waals surface area contributed by atoms with Crippen molar-refractivity contribution < 1.29 is 49.8 Å². The van der Waals surface area contributed by atoms with E-state index >= 15 is 4.39 Å². The van der Waals surface area contributed by atoms with Crippen LogP contribution in [0.15, 0.2) is 68.6 Å². The highest BCUT2D eigenvalue weighted by atomic mass is 19.4. The van der Waals surface area contributed by atoms with Crippen LogP contribution in [0.4, 0.5) is 36.4 Å². The molecule has 5 rings (SSSR count). The minimum absolute atomic E-state index is 0.0183. The van der Waals surface area contributed by atoms with Crippen LogP contribution in [-0.4, -0.2) is 64.9 Å². The average molecular weight is 770 g/mol. The Morgan fingerprint density at radius 2 is 1.63 bits per heavy atom. The largest absolute Gasteiger partial charge is 0.496 e. The van der Waals surface area contributed by atoms with E-state index < -0.39 is 64.9 Å². The summed E-state index contributed by atoms with van der Waals surface area (Å²) >= 11 is 0. The van der Waals surface area contributed by atoms with Crippen LogP contribution in [0, 0.1) is 12.7 Å². The molecule has 1 fully saturated rings. The van der Waals surface area contributed by atoms with E-state index in [1.165, 1.54) is 20.1 Å². The zero-order chi connectivity index (χ0) is 39.4. The number of carboxylic acid groups (broad SMARTS) is 1. The summed E-state index contributed by atoms with van der Waals surface area (Å²) in [5.41, 5.74) is -3.43. The van der Waals surface area contributed by atoms with Gasteiger partial charge in [0.25, 0.3) is 5.56 Å². The Kier molecular flexibility index (Phi) is 12.3. The van der Waals surface area contributed by atoms with Crippen molar-refractivity contribution in [2.24, 2.45) is 0 Å². The molecule has 0 unspecified atom stereocenters. The highest BCUT2D eigenvalue weighted by molar-refractivity contribution is 5.66. The molecule has 0 bridgehead atoms. The first kappa shape index (κ1) is 40.1. The molecule has 2 aromatic heterocycles. The van der Waals surface area contributed by atoms with Crippen molar-refractivity contribution in [3.05, 3.63) is 115 Å². The molecule has 0 amide bonds. The molecule has 18 heteroatoms. The van der Waals surface area contributed by atoms with Crippen LogP contribution in [0.2, 0.25) is 0 Å². The van der Waals surface area contributed by atoms with Crippen molar-refractivity contribution in [2.45, 2.75) is 57.8 Å². The number of ether oxygens (including phenoxy) is 1. The zero-order valence-electron chi connectivity index (χ0n) is 29.3. The van der Waals surface area contributed by atoms with Crippen molar-refractivity contribution in [1.82, 2.24) is 19.4 Å². The number of rotatable bonds is 14. The first-order chi connectivity index (χ1) is 25.5. The Hall–Kier alpha value is -5.10. The fourth-order valence-corrected chi connectivity index (χ4v) is 6.53. The summed E-state index contributed by atoms with van der Waals surface area (Å²) in [4.78, 5) is 43.3. The smallest absolute Gasteiger partial charge is 0.449 e. The van der Waals surface area contributed by atoms with Crippen LogP contribution < -0.4 is 26.2 Å². The van der Waals surface area contributed by atoms with E-state index in [-0.39, 0.29) is 75.8 Å². The summed E-state index contributed by atoms with van der Waals surface area (Å²) in [6, 6.07) is 10.4. The van der Waals surface area contributed by atoms with Crippen molar-refractivity contribution >= 4 is 11.7 Å². The fourth-order valence-electron chi connectivity index (χ4n) is 6.53. The maximum atomic E-state index is 15.2. The summed E-state index contributed by atoms with van der Waals surface area (Å²) in [5.74, 6) is -2.92. The highest BCUT2D eigenvalue weighted by Gasteiger charge is 2.36. The summed E-state index contributed by atoms with van der Waals surface area (Å²) in [7, 11) is 1.41. The zero-order valence-corrected chi connectivity index (χ0v) is 29.3. The number of anilines is 1. The number of aliphatic carboxylic acids is 1. The molecule has 2 N–H and O–H groups in total. The minimum Gasteiger partial charge on any atom is -0.496 e. The SMILES string of the molecule is COc1ccccc1[C@H](Cn1c(=O)c(N2CCN(Cc3ccc(C(F)(F)F)o3)CC2)c(C)n(Cc2c(F)cccc2C(F)(F)F)c1=O)NCCCC(=O)O. The molecule has 0 radical (unpaired) electrons. The number of benzene rings is 2. The molecule has 292 valence electrons. The molecule has 1 atom stereocenters. The number of piperazine rings is 1. The number of furan rings is 1. The van der Waals surface area contributed by atoms with Crippen LogP contribution >= 0.6 is 0 Å². The van der Waals surface area contributed by atoms with Gasteiger partial charge in [-0.15, -0.1) is 0 Å². The van der Waals surface area contributed by atoms with Crippen LogP contribution in [0.3, 0.4) is 0 Å². The van der Waals surface area contributed by atoms with Gasteiger partial charge < -0.3 is 24.5 Å². The Bertz CT molecular complexity index is 2070. The van der Waals surface area contributed by atoms with Gasteiger partial charge in [0.15, 0.2) is 0 Å². The van der Waals surface area contributed by atoms with E-state index in [1.54, 1.807) is 34.1 Å². The van der Waals surface area contributed by atoms with Gasteiger partial charge in [-0.3, -0.25) is 23.6 Å². The van der Waals surface area contributed by atoms with Gasteiger partial charge >= 0.3 is 24.0 Å². The van der Waals surface area contributed by atoms with Crippen LogP contribution in [0.5, 0.6) is 5.75 Å². The fraction of sp³-hybridized carbons (Fsp3) is 0.417. The minimum atomic E-state index is -4.97. The third-order valence-corrected chi connectivity index (χ3v) is 9.24. The van der Waals surface area contributed by atoms with E-state index in [1.807, 2.05) is 0 Å². The lowest BCUT2D eigenvalue weighted by Gasteiger charge is -2.36. The predicted molar refractivity (Wildman–Crippen MR) is 182 cm³/mol. The molecule has 2 aromatic carbocycles. The van der Waals surface area contributed by atoms with Gasteiger partial charge in [-0.1, -0.05) is 24.3 Å². The van der Waals surface area contributed by atoms with E-state index in [2.05, 4.69) is 5.32 Å². The molecule has 0 spiro atoms. The summed E-state index contributed by atoms with van der Waals surface area (Å²) < 4.78 is 109. The van der Waals surface area contributed by atoms with E-state index in [4.69, 9.17) is 14.3 Å². The number of alkyl halides is 6. The van der Waals surface area contributed by atoms with Gasteiger partial charge in [0.1, 0.15) is 23.0 Å². The summed E-state index contributed by atoms with van der Waals surface area (Å²) in [6.07, 6.45) is -9.61. The maximum Gasteiger partial charge on any atom is 0.449 e. The number of aromatic nitrogens is 2. The molecular weight excluding hydrogens is 731 g/mol. The molecule has 1 aliphatic rings. The number of carboxylic acids is 1. The average Bonchev–Trinajstić information content (AvgIpc) is 3.59. The Balaban J connectivity index is 1.56. The first-order valence-corrected chi connectivity index (χ1v) is 16.9. The van der Waals surface area contributed by atoms with Crippen LogP contribution in [0.1, 0.15) is 52.8 Å². The molecule has 0 saturated carbocycles. The van der Waals surface area contributed by atoms with Crippen molar-refractivity contribution in [3.8, 4) is 5.75 Å².